The largest absolute Gasteiger partial charge is 0.450 e. The third-order valence-electron chi connectivity index (χ3n) is 4.85. The number of carbonyl (C=O) groups is 1. The van der Waals surface area contributed by atoms with Crippen LogP contribution in [0.25, 0.3) is 16.3 Å². The number of benzene rings is 2. The molecule has 3 heterocycles. The fourth-order valence-electron chi connectivity index (χ4n) is 3.25. The molecular weight excluding hydrogens is 492 g/mol. The number of rotatable bonds is 5. The summed E-state index contributed by atoms with van der Waals surface area (Å²) in [5.41, 5.74) is 3.74. The number of nitro groups is 1. The normalized spacial score (nSPS) is 16.0. The number of amidine groups is 1. The van der Waals surface area contributed by atoms with Crippen LogP contribution in [-0.4, -0.2) is 21.0 Å². The number of hydrogen-bond acceptors (Lipinski definition) is 9. The first-order valence-corrected chi connectivity index (χ1v) is 12.5. The molecular formula is C23H16N4O4S3. The summed E-state index contributed by atoms with van der Waals surface area (Å²) in [7, 11) is 0. The van der Waals surface area contributed by atoms with Gasteiger partial charge in [0.05, 0.1) is 25.7 Å². The summed E-state index contributed by atoms with van der Waals surface area (Å²) in [5.74, 6) is 0.302. The van der Waals surface area contributed by atoms with Gasteiger partial charge in [-0.2, -0.15) is 0 Å². The smallest absolute Gasteiger partial charge is 0.270 e. The predicted molar refractivity (Wildman–Crippen MR) is 136 cm³/mol. The molecule has 1 aliphatic rings. The highest BCUT2D eigenvalue weighted by Crippen LogP contribution is 2.37. The van der Waals surface area contributed by atoms with Crippen LogP contribution in [0.15, 0.2) is 72.3 Å². The van der Waals surface area contributed by atoms with Crippen molar-refractivity contribution in [3.8, 4) is 0 Å². The molecule has 1 fully saturated rings. The molecule has 0 spiro atoms. The maximum Gasteiger partial charge on any atom is 0.270 e. The first-order chi connectivity index (χ1) is 16.3. The lowest BCUT2D eigenvalue weighted by Gasteiger charge is -2.02. The molecule has 4 aromatic rings. The van der Waals surface area contributed by atoms with Crippen molar-refractivity contribution in [3.05, 3.63) is 80.4 Å². The molecule has 0 bridgehead atoms. The van der Waals surface area contributed by atoms with Gasteiger partial charge in [0.15, 0.2) is 14.6 Å². The molecule has 1 amide bonds. The Morgan fingerprint density at radius 3 is 2.82 bits per heavy atom. The molecule has 0 unspecified atom stereocenters. The van der Waals surface area contributed by atoms with E-state index in [0.717, 1.165) is 21.5 Å². The summed E-state index contributed by atoms with van der Waals surface area (Å²) in [6.45, 7) is 4.01. The molecule has 1 N–H and O–H groups in total. The van der Waals surface area contributed by atoms with Crippen molar-refractivity contribution in [3.63, 3.8) is 0 Å². The number of thiazole rings is 1. The molecule has 0 atom stereocenters. The zero-order valence-electron chi connectivity index (χ0n) is 17.9. The molecule has 0 aliphatic carbocycles. The molecule has 11 heteroatoms. The van der Waals surface area contributed by atoms with E-state index in [0.29, 0.717) is 30.8 Å². The highest BCUT2D eigenvalue weighted by atomic mass is 32.2. The SMILES string of the molecule is Cc1ccc(N=C2NC(=O)/C(=C/c3ccc(Sc4nc5ccc([N+](=O)[O-])cc5s4)o3)S2)c(C)c1. The Balaban J connectivity index is 1.31. The van der Waals surface area contributed by atoms with Gasteiger partial charge in [0.2, 0.25) is 0 Å². The van der Waals surface area contributed by atoms with Gasteiger partial charge in [-0.05, 0) is 67.2 Å². The van der Waals surface area contributed by atoms with Gasteiger partial charge >= 0.3 is 0 Å². The number of nitro benzene ring substituents is 1. The van der Waals surface area contributed by atoms with Crippen LogP contribution in [0.4, 0.5) is 11.4 Å². The van der Waals surface area contributed by atoms with E-state index in [4.69, 9.17) is 4.42 Å². The summed E-state index contributed by atoms with van der Waals surface area (Å²) in [4.78, 5) is 32.5. The summed E-state index contributed by atoms with van der Waals surface area (Å²) >= 11 is 3.94. The third-order valence-corrected chi connectivity index (χ3v) is 7.76. The molecule has 170 valence electrons. The average Bonchev–Trinajstić information content (AvgIpc) is 3.49. The number of fused-ring (bicyclic) bond motifs is 1. The molecule has 2 aromatic heterocycles. The Morgan fingerprint density at radius 2 is 2.03 bits per heavy atom. The van der Waals surface area contributed by atoms with Crippen molar-refractivity contribution in [2.45, 2.75) is 23.3 Å². The summed E-state index contributed by atoms with van der Waals surface area (Å²) < 4.78 is 7.30. The summed E-state index contributed by atoms with van der Waals surface area (Å²) in [6.07, 6.45) is 1.68. The molecule has 0 saturated carbocycles. The fraction of sp³-hybridized carbons (Fsp3) is 0.0870. The number of amides is 1. The van der Waals surface area contributed by atoms with E-state index in [1.807, 2.05) is 32.0 Å². The minimum atomic E-state index is -0.423. The fourth-order valence-corrected chi connectivity index (χ4v) is 6.07. The Labute approximate surface area is 206 Å². The highest BCUT2D eigenvalue weighted by molar-refractivity contribution is 8.18. The number of hydrogen-bond donors (Lipinski definition) is 1. The maximum absolute atomic E-state index is 12.4. The van der Waals surface area contributed by atoms with Gasteiger partial charge in [-0.3, -0.25) is 14.9 Å². The van der Waals surface area contributed by atoms with Crippen molar-refractivity contribution >= 4 is 73.6 Å². The monoisotopic (exact) mass is 508 g/mol. The van der Waals surface area contributed by atoms with E-state index >= 15 is 0 Å². The molecule has 8 nitrogen and oxygen atoms in total. The summed E-state index contributed by atoms with van der Waals surface area (Å²) in [6, 6.07) is 14.1. The lowest BCUT2D eigenvalue weighted by molar-refractivity contribution is -0.384. The van der Waals surface area contributed by atoms with Crippen molar-refractivity contribution in [2.75, 3.05) is 0 Å². The van der Waals surface area contributed by atoms with E-state index in [2.05, 4.69) is 15.3 Å². The van der Waals surface area contributed by atoms with Gasteiger partial charge in [0.25, 0.3) is 11.6 Å². The Morgan fingerprint density at radius 1 is 1.18 bits per heavy atom. The lowest BCUT2D eigenvalue weighted by atomic mass is 10.1. The second-order valence-corrected chi connectivity index (χ2v) is 10.7. The predicted octanol–water partition coefficient (Wildman–Crippen LogP) is 6.46. The number of non-ortho nitro benzene ring substituents is 1. The third kappa shape index (κ3) is 4.76. The first kappa shape index (κ1) is 22.4. The average molecular weight is 509 g/mol. The van der Waals surface area contributed by atoms with Crippen molar-refractivity contribution < 1.29 is 14.1 Å². The maximum atomic E-state index is 12.4. The van der Waals surface area contributed by atoms with Crippen molar-refractivity contribution in [2.24, 2.45) is 4.99 Å². The molecule has 1 saturated heterocycles. The molecule has 1 aliphatic heterocycles. The zero-order valence-corrected chi connectivity index (χ0v) is 20.3. The number of nitrogens with zero attached hydrogens (tertiary/aromatic N) is 3. The Kier molecular flexibility index (Phi) is 5.98. The number of carbonyl (C=O) groups excluding carboxylic acids is 1. The Bertz CT molecular complexity index is 1520. The minimum Gasteiger partial charge on any atom is -0.450 e. The number of aliphatic imine (C=N–C) groups is 1. The number of aromatic nitrogens is 1. The van der Waals surface area contributed by atoms with Gasteiger partial charge in [-0.25, -0.2) is 9.98 Å². The van der Waals surface area contributed by atoms with Crippen LogP contribution >= 0.6 is 34.9 Å². The second kappa shape index (κ2) is 9.09. The van der Waals surface area contributed by atoms with Gasteiger partial charge in [-0.15, -0.1) is 11.3 Å². The van der Waals surface area contributed by atoms with Crippen LogP contribution in [-0.2, 0) is 4.79 Å². The highest BCUT2D eigenvalue weighted by Gasteiger charge is 2.24. The number of nitrogens with one attached hydrogen (secondary N) is 1. The van der Waals surface area contributed by atoms with E-state index in [1.54, 1.807) is 24.3 Å². The van der Waals surface area contributed by atoms with Crippen LogP contribution in [0.2, 0.25) is 0 Å². The van der Waals surface area contributed by atoms with E-state index in [-0.39, 0.29) is 11.6 Å². The topological polar surface area (TPSA) is 111 Å². The van der Waals surface area contributed by atoms with E-state index in [9.17, 15) is 14.9 Å². The zero-order chi connectivity index (χ0) is 23.8. The van der Waals surface area contributed by atoms with Crippen LogP contribution in [0.3, 0.4) is 0 Å². The Hall–Kier alpha value is -3.41. The van der Waals surface area contributed by atoms with Crippen LogP contribution in [0.5, 0.6) is 0 Å². The van der Waals surface area contributed by atoms with E-state index in [1.165, 1.54) is 47.0 Å². The van der Waals surface area contributed by atoms with Gasteiger partial charge < -0.3 is 9.73 Å². The standard InChI is InChI=1S/C23H16N4O4S3/c1-12-3-6-16(13(2)9-12)24-22-26-21(28)19(32-22)11-15-5-8-20(31-15)34-23-25-17-7-4-14(27(29)30)10-18(17)33-23/h3-11H,1-2H3,(H,24,26,28)/b19-11-. The quantitative estimate of drug-likeness (QED) is 0.187. The van der Waals surface area contributed by atoms with Crippen LogP contribution < -0.4 is 5.32 Å². The number of furan rings is 1. The second-order valence-electron chi connectivity index (χ2n) is 7.42. The van der Waals surface area contributed by atoms with Crippen molar-refractivity contribution in [1.82, 2.24) is 10.3 Å². The van der Waals surface area contributed by atoms with Crippen LogP contribution in [0.1, 0.15) is 16.9 Å². The lowest BCUT2D eigenvalue weighted by Crippen LogP contribution is -2.19. The van der Waals surface area contributed by atoms with E-state index < -0.39 is 4.92 Å². The van der Waals surface area contributed by atoms with Gasteiger partial charge in [0, 0.05) is 18.2 Å². The minimum absolute atomic E-state index is 0.0346. The number of aryl methyl sites for hydroxylation is 2. The van der Waals surface area contributed by atoms with Crippen LogP contribution in [0, 0.1) is 24.0 Å². The van der Waals surface area contributed by atoms with Gasteiger partial charge in [-0.1, -0.05) is 17.7 Å². The number of thioether (sulfide) groups is 1. The van der Waals surface area contributed by atoms with Gasteiger partial charge in [0.1, 0.15) is 5.76 Å². The summed E-state index contributed by atoms with van der Waals surface area (Å²) in [5, 5.41) is 14.9. The first-order valence-electron chi connectivity index (χ1n) is 10.0. The molecule has 2 aromatic carbocycles. The molecule has 5 rings (SSSR count). The van der Waals surface area contributed by atoms with Crippen molar-refractivity contribution in [1.29, 1.82) is 0 Å². The molecule has 34 heavy (non-hydrogen) atoms. The molecule has 0 radical (unpaired) electrons.